The molecule has 0 aromatic heterocycles. The number of carbonyl (C=O) groups excluding carboxylic acids is 3. The summed E-state index contributed by atoms with van der Waals surface area (Å²) in [5, 5.41) is 2.77. The Hall–Kier alpha value is -2.24. The average Bonchev–Trinajstić information content (AvgIpc) is 2.75. The van der Waals surface area contributed by atoms with Crippen molar-refractivity contribution in [3.8, 4) is 0 Å². The van der Waals surface area contributed by atoms with Crippen molar-refractivity contribution >= 4 is 17.7 Å². The molecule has 1 aliphatic heterocycles. The van der Waals surface area contributed by atoms with Gasteiger partial charge in [-0.3, -0.25) is 14.5 Å². The molecule has 3 rings (SSSR count). The van der Waals surface area contributed by atoms with Gasteiger partial charge in [-0.1, -0.05) is 19.1 Å². The average molecular weight is 318 g/mol. The summed E-state index contributed by atoms with van der Waals surface area (Å²) >= 11 is 0. The summed E-state index contributed by atoms with van der Waals surface area (Å²) in [6.45, 7) is 1.77. The van der Waals surface area contributed by atoms with Crippen LogP contribution in [0.5, 0.6) is 0 Å². The summed E-state index contributed by atoms with van der Waals surface area (Å²) in [4.78, 5) is 38.0. The van der Waals surface area contributed by atoms with E-state index < -0.39 is 23.2 Å². The normalized spacial score (nSPS) is 27.4. The summed E-state index contributed by atoms with van der Waals surface area (Å²) in [6.07, 6.45) is 2.95. The third-order valence-corrected chi connectivity index (χ3v) is 4.82. The molecular formula is C17H19FN2O3. The number of Topliss-reactive ketones (excluding diaryl/α,β-unsaturated/α-hetero) is 1. The molecule has 2 fully saturated rings. The number of amides is 3. The van der Waals surface area contributed by atoms with Gasteiger partial charge in [-0.05, 0) is 43.7 Å². The second-order valence-corrected chi connectivity index (χ2v) is 6.52. The summed E-state index contributed by atoms with van der Waals surface area (Å²) in [5.74, 6) is -0.771. The van der Waals surface area contributed by atoms with Gasteiger partial charge in [0.15, 0.2) is 5.78 Å². The maximum absolute atomic E-state index is 13.2. The maximum atomic E-state index is 13.2. The molecule has 2 aliphatic rings. The van der Waals surface area contributed by atoms with Crippen LogP contribution in [0.4, 0.5) is 9.18 Å². The number of urea groups is 1. The van der Waals surface area contributed by atoms with Crippen LogP contribution in [0.15, 0.2) is 24.3 Å². The molecule has 1 aromatic rings. The van der Waals surface area contributed by atoms with Crippen LogP contribution in [0.2, 0.25) is 0 Å². The van der Waals surface area contributed by atoms with Crippen LogP contribution in [0, 0.1) is 11.7 Å². The number of nitrogens with zero attached hydrogens (tertiary/aromatic N) is 1. The summed E-state index contributed by atoms with van der Waals surface area (Å²) in [6, 6.07) is 4.72. The lowest BCUT2D eigenvalue weighted by atomic mass is 9.77. The Morgan fingerprint density at radius 3 is 2.70 bits per heavy atom. The minimum Gasteiger partial charge on any atom is -0.323 e. The molecule has 0 radical (unpaired) electrons. The van der Waals surface area contributed by atoms with Crippen molar-refractivity contribution in [3.63, 3.8) is 0 Å². The Balaban J connectivity index is 1.75. The fraction of sp³-hybridized carbons (Fsp3) is 0.471. The second kappa shape index (κ2) is 5.76. The van der Waals surface area contributed by atoms with Gasteiger partial charge in [-0.2, -0.15) is 0 Å². The van der Waals surface area contributed by atoms with E-state index >= 15 is 0 Å². The van der Waals surface area contributed by atoms with Crippen molar-refractivity contribution < 1.29 is 18.8 Å². The SMILES string of the molecule is CC1CCC2(CC1)NC(=O)N(CC(=O)c1cccc(F)c1)C2=O. The number of benzene rings is 1. The smallest absolute Gasteiger partial charge is 0.323 e. The molecule has 1 saturated heterocycles. The zero-order valence-corrected chi connectivity index (χ0v) is 13.0. The van der Waals surface area contributed by atoms with Crippen LogP contribution < -0.4 is 5.32 Å². The highest BCUT2D eigenvalue weighted by Crippen LogP contribution is 2.36. The number of imide groups is 1. The van der Waals surface area contributed by atoms with E-state index in [0.29, 0.717) is 18.8 Å². The first-order valence-electron chi connectivity index (χ1n) is 7.84. The Kier molecular flexibility index (Phi) is 3.92. The molecule has 0 atom stereocenters. The molecule has 1 heterocycles. The standard InChI is InChI=1S/C17H19FN2O3/c1-11-5-7-17(8-6-11)15(22)20(16(23)19-17)10-14(21)12-3-2-4-13(18)9-12/h2-4,9,11H,5-8,10H2,1H3,(H,19,23). The van der Waals surface area contributed by atoms with Gasteiger partial charge >= 0.3 is 6.03 Å². The topological polar surface area (TPSA) is 66.5 Å². The number of halogens is 1. The number of hydrogen-bond acceptors (Lipinski definition) is 3. The van der Waals surface area contributed by atoms with Crippen LogP contribution in [0.3, 0.4) is 0 Å². The van der Waals surface area contributed by atoms with E-state index in [1.54, 1.807) is 0 Å². The van der Waals surface area contributed by atoms with Crippen molar-refractivity contribution in [3.05, 3.63) is 35.6 Å². The van der Waals surface area contributed by atoms with Crippen molar-refractivity contribution in [1.82, 2.24) is 10.2 Å². The molecule has 0 unspecified atom stereocenters. The Labute approximate surface area is 133 Å². The summed E-state index contributed by atoms with van der Waals surface area (Å²) in [5.41, 5.74) is -0.699. The highest BCUT2D eigenvalue weighted by atomic mass is 19.1. The monoisotopic (exact) mass is 318 g/mol. The van der Waals surface area contributed by atoms with Gasteiger partial charge < -0.3 is 5.32 Å². The third-order valence-electron chi connectivity index (χ3n) is 4.82. The van der Waals surface area contributed by atoms with Crippen molar-refractivity contribution in [2.75, 3.05) is 6.54 Å². The first kappa shape index (κ1) is 15.6. The van der Waals surface area contributed by atoms with E-state index in [0.717, 1.165) is 23.8 Å². The Morgan fingerprint density at radius 2 is 2.04 bits per heavy atom. The number of ketones is 1. The van der Waals surface area contributed by atoms with Gasteiger partial charge in [0.1, 0.15) is 11.4 Å². The van der Waals surface area contributed by atoms with Crippen LogP contribution >= 0.6 is 0 Å². The van der Waals surface area contributed by atoms with Gasteiger partial charge in [0.25, 0.3) is 5.91 Å². The van der Waals surface area contributed by atoms with Crippen LogP contribution in [0.1, 0.15) is 43.0 Å². The third kappa shape index (κ3) is 2.85. The second-order valence-electron chi connectivity index (χ2n) is 6.52. The van der Waals surface area contributed by atoms with Crippen molar-refractivity contribution in [2.45, 2.75) is 38.1 Å². The van der Waals surface area contributed by atoms with E-state index in [1.165, 1.54) is 18.2 Å². The molecule has 1 aliphatic carbocycles. The van der Waals surface area contributed by atoms with Gasteiger partial charge in [-0.25, -0.2) is 9.18 Å². The molecule has 1 N–H and O–H groups in total. The molecule has 6 heteroatoms. The highest BCUT2D eigenvalue weighted by Gasteiger charge is 2.52. The molecule has 1 aromatic carbocycles. The van der Waals surface area contributed by atoms with E-state index in [2.05, 4.69) is 12.2 Å². The Morgan fingerprint density at radius 1 is 1.35 bits per heavy atom. The fourth-order valence-corrected chi connectivity index (χ4v) is 3.31. The first-order valence-corrected chi connectivity index (χ1v) is 7.84. The maximum Gasteiger partial charge on any atom is 0.325 e. The van der Waals surface area contributed by atoms with Crippen LogP contribution in [-0.2, 0) is 4.79 Å². The molecule has 1 spiro atoms. The lowest BCUT2D eigenvalue weighted by molar-refractivity contribution is -0.132. The lowest BCUT2D eigenvalue weighted by Gasteiger charge is -2.33. The van der Waals surface area contributed by atoms with Gasteiger partial charge in [-0.15, -0.1) is 0 Å². The lowest BCUT2D eigenvalue weighted by Crippen LogP contribution is -2.49. The van der Waals surface area contributed by atoms with Gasteiger partial charge in [0.05, 0.1) is 6.54 Å². The Bertz CT molecular complexity index is 666. The zero-order chi connectivity index (χ0) is 16.6. The number of nitrogens with one attached hydrogen (secondary N) is 1. The molecule has 122 valence electrons. The predicted octanol–water partition coefficient (Wildman–Crippen LogP) is 2.51. The fourth-order valence-electron chi connectivity index (χ4n) is 3.31. The van der Waals surface area contributed by atoms with E-state index in [1.807, 2.05) is 0 Å². The largest absolute Gasteiger partial charge is 0.325 e. The van der Waals surface area contributed by atoms with Gasteiger partial charge in [0.2, 0.25) is 0 Å². The summed E-state index contributed by atoms with van der Waals surface area (Å²) < 4.78 is 13.2. The molecule has 5 nitrogen and oxygen atoms in total. The summed E-state index contributed by atoms with van der Waals surface area (Å²) in [7, 11) is 0. The quantitative estimate of drug-likeness (QED) is 0.688. The predicted molar refractivity (Wildman–Crippen MR) is 81.3 cm³/mol. The number of hydrogen-bond donors (Lipinski definition) is 1. The molecule has 0 bridgehead atoms. The van der Waals surface area contributed by atoms with Gasteiger partial charge in [0, 0.05) is 5.56 Å². The van der Waals surface area contributed by atoms with Crippen LogP contribution in [0.25, 0.3) is 0 Å². The first-order chi connectivity index (χ1) is 10.9. The van der Waals surface area contributed by atoms with Crippen molar-refractivity contribution in [2.24, 2.45) is 5.92 Å². The molecule has 23 heavy (non-hydrogen) atoms. The van der Waals surface area contributed by atoms with E-state index in [-0.39, 0.29) is 18.0 Å². The highest BCUT2D eigenvalue weighted by molar-refractivity contribution is 6.11. The minimum atomic E-state index is -0.855. The van der Waals surface area contributed by atoms with Crippen LogP contribution in [-0.4, -0.2) is 34.7 Å². The van der Waals surface area contributed by atoms with E-state index in [4.69, 9.17) is 0 Å². The number of carbonyl (C=O) groups is 3. The van der Waals surface area contributed by atoms with Crippen molar-refractivity contribution in [1.29, 1.82) is 0 Å². The minimum absolute atomic E-state index is 0.156. The zero-order valence-electron chi connectivity index (χ0n) is 13.0. The number of rotatable bonds is 3. The molecular weight excluding hydrogens is 299 g/mol. The molecule has 3 amide bonds. The molecule has 1 saturated carbocycles. The van der Waals surface area contributed by atoms with E-state index in [9.17, 15) is 18.8 Å².